The third-order valence-corrected chi connectivity index (χ3v) is 6.35. The SMILES string of the molecule is O=C(Nc1sc2c(c1C(=O)Nc1ccccc1C(F)(F)F)CCCC2)c1ccccc1. The van der Waals surface area contributed by atoms with Crippen molar-refractivity contribution in [2.24, 2.45) is 0 Å². The van der Waals surface area contributed by atoms with Gasteiger partial charge in [0.2, 0.25) is 0 Å². The summed E-state index contributed by atoms with van der Waals surface area (Å²) in [7, 11) is 0. The number of carbonyl (C=O) groups excluding carboxylic acids is 2. The Morgan fingerprint density at radius 3 is 2.26 bits per heavy atom. The Kier molecular flexibility index (Phi) is 5.82. The summed E-state index contributed by atoms with van der Waals surface area (Å²) in [6, 6.07) is 13.4. The fourth-order valence-electron chi connectivity index (χ4n) is 3.68. The zero-order valence-corrected chi connectivity index (χ0v) is 17.2. The van der Waals surface area contributed by atoms with Crippen LogP contribution in [-0.4, -0.2) is 11.8 Å². The molecule has 2 amide bonds. The van der Waals surface area contributed by atoms with Crippen molar-refractivity contribution in [2.75, 3.05) is 10.6 Å². The number of amides is 2. The zero-order chi connectivity index (χ0) is 22.0. The number of nitrogens with one attached hydrogen (secondary N) is 2. The molecule has 2 aromatic carbocycles. The van der Waals surface area contributed by atoms with E-state index in [2.05, 4.69) is 10.6 Å². The summed E-state index contributed by atoms with van der Waals surface area (Å²) in [5, 5.41) is 5.58. The predicted molar refractivity (Wildman–Crippen MR) is 115 cm³/mol. The van der Waals surface area contributed by atoms with Crippen LogP contribution >= 0.6 is 11.3 Å². The van der Waals surface area contributed by atoms with Crippen LogP contribution in [0.2, 0.25) is 0 Å². The number of benzene rings is 2. The van der Waals surface area contributed by atoms with Gasteiger partial charge in [-0.15, -0.1) is 11.3 Å². The largest absolute Gasteiger partial charge is 0.418 e. The molecule has 0 atom stereocenters. The summed E-state index contributed by atoms with van der Waals surface area (Å²) in [6.07, 6.45) is -1.31. The average Bonchev–Trinajstić information content (AvgIpc) is 3.12. The molecule has 1 aromatic heterocycles. The minimum Gasteiger partial charge on any atom is -0.321 e. The molecule has 0 saturated carbocycles. The molecule has 0 saturated heterocycles. The maximum absolute atomic E-state index is 13.3. The van der Waals surface area contributed by atoms with Gasteiger partial charge in [-0.2, -0.15) is 13.2 Å². The second-order valence-electron chi connectivity index (χ2n) is 7.23. The molecular formula is C23H19F3N2O2S. The van der Waals surface area contributed by atoms with Gasteiger partial charge in [0.05, 0.1) is 16.8 Å². The number of para-hydroxylation sites is 1. The van der Waals surface area contributed by atoms with E-state index in [-0.39, 0.29) is 17.2 Å². The van der Waals surface area contributed by atoms with Crippen LogP contribution in [0.3, 0.4) is 0 Å². The first kappa shape index (κ1) is 21.1. The smallest absolute Gasteiger partial charge is 0.321 e. The van der Waals surface area contributed by atoms with E-state index in [1.54, 1.807) is 30.3 Å². The maximum Gasteiger partial charge on any atom is 0.418 e. The Morgan fingerprint density at radius 2 is 1.52 bits per heavy atom. The number of halogens is 3. The highest BCUT2D eigenvalue weighted by atomic mass is 32.1. The Morgan fingerprint density at radius 1 is 0.839 bits per heavy atom. The molecule has 0 unspecified atom stereocenters. The molecule has 0 bridgehead atoms. The minimum atomic E-state index is -4.59. The lowest BCUT2D eigenvalue weighted by Crippen LogP contribution is -2.20. The molecule has 8 heteroatoms. The van der Waals surface area contributed by atoms with Crippen LogP contribution in [0.25, 0.3) is 0 Å². The number of anilines is 2. The summed E-state index contributed by atoms with van der Waals surface area (Å²) in [5.41, 5.74) is 0.267. The van der Waals surface area contributed by atoms with Crippen LogP contribution in [0.15, 0.2) is 54.6 Å². The highest BCUT2D eigenvalue weighted by molar-refractivity contribution is 7.17. The van der Waals surface area contributed by atoms with Gasteiger partial charge >= 0.3 is 6.18 Å². The van der Waals surface area contributed by atoms with Gasteiger partial charge in [-0.05, 0) is 55.5 Å². The molecule has 0 radical (unpaired) electrons. The van der Waals surface area contributed by atoms with Crippen molar-refractivity contribution in [3.05, 3.63) is 81.7 Å². The molecule has 1 heterocycles. The molecule has 3 aromatic rings. The van der Waals surface area contributed by atoms with Crippen LogP contribution in [-0.2, 0) is 19.0 Å². The number of thiophene rings is 1. The van der Waals surface area contributed by atoms with Crippen molar-refractivity contribution in [3.63, 3.8) is 0 Å². The van der Waals surface area contributed by atoms with Gasteiger partial charge < -0.3 is 10.6 Å². The average molecular weight is 444 g/mol. The van der Waals surface area contributed by atoms with Gasteiger partial charge in [0.25, 0.3) is 11.8 Å². The molecule has 2 N–H and O–H groups in total. The van der Waals surface area contributed by atoms with Crippen LogP contribution in [0.1, 0.15) is 49.6 Å². The van der Waals surface area contributed by atoms with E-state index < -0.39 is 17.6 Å². The Labute approximate surface area is 181 Å². The van der Waals surface area contributed by atoms with Gasteiger partial charge in [-0.1, -0.05) is 30.3 Å². The second-order valence-corrected chi connectivity index (χ2v) is 8.34. The predicted octanol–water partition coefficient (Wildman–Crippen LogP) is 6.15. The van der Waals surface area contributed by atoms with Crippen molar-refractivity contribution < 1.29 is 22.8 Å². The first-order valence-corrected chi connectivity index (χ1v) is 10.6. The molecule has 1 aliphatic rings. The lowest BCUT2D eigenvalue weighted by molar-refractivity contribution is -0.136. The molecule has 0 spiro atoms. The molecule has 0 aliphatic heterocycles. The maximum atomic E-state index is 13.3. The quantitative estimate of drug-likeness (QED) is 0.507. The van der Waals surface area contributed by atoms with Gasteiger partial charge in [-0.25, -0.2) is 0 Å². The molecular weight excluding hydrogens is 425 g/mol. The molecule has 1 aliphatic carbocycles. The van der Waals surface area contributed by atoms with Gasteiger partial charge in [0, 0.05) is 10.4 Å². The number of alkyl halides is 3. The molecule has 4 rings (SSSR count). The third-order valence-electron chi connectivity index (χ3n) is 5.14. The molecule has 4 nitrogen and oxygen atoms in total. The van der Waals surface area contributed by atoms with Crippen molar-refractivity contribution in [2.45, 2.75) is 31.9 Å². The highest BCUT2D eigenvalue weighted by Gasteiger charge is 2.34. The van der Waals surface area contributed by atoms with Gasteiger partial charge in [0.15, 0.2) is 0 Å². The third kappa shape index (κ3) is 4.49. The van der Waals surface area contributed by atoms with Crippen LogP contribution in [0.5, 0.6) is 0 Å². The van der Waals surface area contributed by atoms with Crippen molar-refractivity contribution in [1.82, 2.24) is 0 Å². The van der Waals surface area contributed by atoms with E-state index in [4.69, 9.17) is 0 Å². The molecule has 160 valence electrons. The first-order valence-electron chi connectivity index (χ1n) is 9.83. The summed E-state index contributed by atoms with van der Waals surface area (Å²) in [5.74, 6) is -1.02. The van der Waals surface area contributed by atoms with E-state index in [1.165, 1.54) is 29.5 Å². The van der Waals surface area contributed by atoms with Crippen LogP contribution < -0.4 is 10.6 Å². The number of hydrogen-bond donors (Lipinski definition) is 2. The Hall–Kier alpha value is -3.13. The summed E-state index contributed by atoms with van der Waals surface area (Å²) < 4.78 is 40.0. The summed E-state index contributed by atoms with van der Waals surface area (Å²) in [6.45, 7) is 0. The minimum absolute atomic E-state index is 0.251. The highest BCUT2D eigenvalue weighted by Crippen LogP contribution is 2.40. The number of hydrogen-bond acceptors (Lipinski definition) is 3. The zero-order valence-electron chi connectivity index (χ0n) is 16.4. The fourth-order valence-corrected chi connectivity index (χ4v) is 4.96. The van der Waals surface area contributed by atoms with Crippen molar-refractivity contribution in [3.8, 4) is 0 Å². The second kappa shape index (κ2) is 8.55. The standard InChI is InChI=1S/C23H19F3N2O2S/c24-23(25,26)16-11-5-6-12-17(16)27-21(30)19-15-10-4-7-13-18(15)31-22(19)28-20(29)14-8-2-1-3-9-14/h1-3,5-6,8-9,11-12H,4,7,10,13H2,(H,27,30)(H,28,29). The molecule has 31 heavy (non-hydrogen) atoms. The van der Waals surface area contributed by atoms with Crippen molar-refractivity contribution in [1.29, 1.82) is 0 Å². The van der Waals surface area contributed by atoms with E-state index in [1.807, 2.05) is 0 Å². The summed E-state index contributed by atoms with van der Waals surface area (Å²) >= 11 is 1.32. The lowest BCUT2D eigenvalue weighted by Gasteiger charge is -2.16. The summed E-state index contributed by atoms with van der Waals surface area (Å²) in [4.78, 5) is 26.8. The Bertz CT molecular complexity index is 1120. The normalized spacial score (nSPS) is 13.4. The lowest BCUT2D eigenvalue weighted by atomic mass is 9.95. The van der Waals surface area contributed by atoms with Gasteiger partial charge in [0.1, 0.15) is 5.00 Å². The van der Waals surface area contributed by atoms with Crippen molar-refractivity contribution >= 4 is 33.8 Å². The monoisotopic (exact) mass is 444 g/mol. The number of aryl methyl sites for hydroxylation is 1. The van der Waals surface area contributed by atoms with Gasteiger partial charge in [-0.3, -0.25) is 9.59 Å². The number of rotatable bonds is 4. The first-order chi connectivity index (χ1) is 14.8. The number of fused-ring (bicyclic) bond motifs is 1. The number of carbonyl (C=O) groups is 2. The Balaban J connectivity index is 1.68. The fraction of sp³-hybridized carbons (Fsp3) is 0.217. The van der Waals surface area contributed by atoms with Crippen LogP contribution in [0, 0.1) is 0 Å². The van der Waals surface area contributed by atoms with E-state index in [0.29, 0.717) is 17.0 Å². The van der Waals surface area contributed by atoms with E-state index >= 15 is 0 Å². The molecule has 0 fully saturated rings. The van der Waals surface area contributed by atoms with E-state index in [0.717, 1.165) is 35.8 Å². The van der Waals surface area contributed by atoms with Crippen LogP contribution in [0.4, 0.5) is 23.9 Å². The van der Waals surface area contributed by atoms with E-state index in [9.17, 15) is 22.8 Å². The topological polar surface area (TPSA) is 58.2 Å².